The molecule has 1 atom stereocenters. The van der Waals surface area contributed by atoms with E-state index in [2.05, 4.69) is 36.9 Å². The van der Waals surface area contributed by atoms with E-state index >= 15 is 0 Å². The van der Waals surface area contributed by atoms with Crippen LogP contribution in [-0.4, -0.2) is 48.3 Å². The van der Waals surface area contributed by atoms with E-state index in [1.54, 1.807) is 12.1 Å². The minimum Gasteiger partial charge on any atom is -0.497 e. The number of benzene rings is 2. The van der Waals surface area contributed by atoms with Crippen LogP contribution in [0.5, 0.6) is 5.75 Å². The molecule has 1 unspecified atom stereocenters. The van der Waals surface area contributed by atoms with Gasteiger partial charge in [-0.05, 0) is 63.0 Å². The van der Waals surface area contributed by atoms with Crippen LogP contribution >= 0.6 is 0 Å². The number of carbonyl (C=O) groups excluding carboxylic acids is 1. The van der Waals surface area contributed by atoms with Crippen LogP contribution in [0.4, 0.5) is 0 Å². The van der Waals surface area contributed by atoms with Gasteiger partial charge in [-0.25, -0.2) is 5.01 Å². The van der Waals surface area contributed by atoms with Crippen LogP contribution in [-0.2, 0) is 4.79 Å². The predicted molar refractivity (Wildman–Crippen MR) is 115 cm³/mol. The Labute approximate surface area is 173 Å². The minimum absolute atomic E-state index is 0.0637. The molecule has 0 saturated carbocycles. The number of ether oxygens (including phenoxy) is 1. The highest BCUT2D eigenvalue weighted by molar-refractivity contribution is 6.03. The van der Waals surface area contributed by atoms with E-state index in [4.69, 9.17) is 9.84 Å². The van der Waals surface area contributed by atoms with E-state index < -0.39 is 0 Å². The summed E-state index contributed by atoms with van der Waals surface area (Å²) in [5.41, 5.74) is 5.52. The maximum absolute atomic E-state index is 13.2. The second kappa shape index (κ2) is 8.37. The molecule has 4 rings (SSSR count). The third kappa shape index (κ3) is 4.20. The quantitative estimate of drug-likeness (QED) is 0.771. The maximum atomic E-state index is 13.2. The Kier molecular flexibility index (Phi) is 5.67. The molecule has 29 heavy (non-hydrogen) atoms. The third-order valence-corrected chi connectivity index (χ3v) is 5.92. The molecule has 0 aliphatic carbocycles. The summed E-state index contributed by atoms with van der Waals surface area (Å²) in [5, 5.41) is 6.55. The van der Waals surface area contributed by atoms with Crippen molar-refractivity contribution >= 4 is 11.6 Å². The van der Waals surface area contributed by atoms with Crippen LogP contribution in [0.3, 0.4) is 0 Å². The van der Waals surface area contributed by atoms with Crippen molar-refractivity contribution in [1.29, 1.82) is 0 Å². The number of aryl methyl sites for hydroxylation is 2. The highest BCUT2D eigenvalue weighted by atomic mass is 16.5. The van der Waals surface area contributed by atoms with Gasteiger partial charge in [0.25, 0.3) is 5.91 Å². The number of amides is 1. The van der Waals surface area contributed by atoms with Crippen molar-refractivity contribution in [3.8, 4) is 5.75 Å². The van der Waals surface area contributed by atoms with Crippen molar-refractivity contribution in [2.45, 2.75) is 39.2 Å². The number of hydrogen-bond acceptors (Lipinski definition) is 4. The standard InChI is InChI=1S/C24H29N3O2/c1-17-9-10-18(2)21(13-17)23-15-22(19-7-6-8-20(14-19)29-3)25-27(23)24(28)16-26-11-4-5-12-26/h6-10,13-14,23H,4-5,11-12,15-16H2,1-3H3. The molecule has 5 heteroatoms. The second-order valence-corrected chi connectivity index (χ2v) is 8.08. The number of likely N-dealkylation sites (tertiary alicyclic amines) is 1. The van der Waals surface area contributed by atoms with Gasteiger partial charge < -0.3 is 4.74 Å². The summed E-state index contributed by atoms with van der Waals surface area (Å²) in [6.45, 7) is 6.65. The number of methoxy groups -OCH3 is 1. The Morgan fingerprint density at radius 3 is 2.69 bits per heavy atom. The van der Waals surface area contributed by atoms with Crippen LogP contribution < -0.4 is 4.74 Å². The zero-order chi connectivity index (χ0) is 20.4. The van der Waals surface area contributed by atoms with Crippen LogP contribution in [0, 0.1) is 13.8 Å². The summed E-state index contributed by atoms with van der Waals surface area (Å²) >= 11 is 0. The lowest BCUT2D eigenvalue weighted by Gasteiger charge is -2.25. The molecule has 1 saturated heterocycles. The molecule has 5 nitrogen and oxygen atoms in total. The normalized spacial score (nSPS) is 19.5. The predicted octanol–water partition coefficient (Wildman–Crippen LogP) is 4.09. The Morgan fingerprint density at radius 2 is 1.93 bits per heavy atom. The van der Waals surface area contributed by atoms with Crippen LogP contribution in [0.25, 0.3) is 0 Å². The Balaban J connectivity index is 1.67. The smallest absolute Gasteiger partial charge is 0.257 e. The van der Waals surface area contributed by atoms with Crippen LogP contribution in [0.2, 0.25) is 0 Å². The highest BCUT2D eigenvalue weighted by Gasteiger charge is 2.34. The molecule has 0 bridgehead atoms. The monoisotopic (exact) mass is 391 g/mol. The molecule has 0 spiro atoms. The topological polar surface area (TPSA) is 45.1 Å². The Bertz CT molecular complexity index is 931. The average Bonchev–Trinajstić information content (AvgIpc) is 3.40. The van der Waals surface area contributed by atoms with Gasteiger partial charge in [0, 0.05) is 12.0 Å². The van der Waals surface area contributed by atoms with Gasteiger partial charge >= 0.3 is 0 Å². The lowest BCUT2D eigenvalue weighted by Crippen LogP contribution is -2.37. The third-order valence-electron chi connectivity index (χ3n) is 5.92. The summed E-state index contributed by atoms with van der Waals surface area (Å²) in [6, 6.07) is 14.3. The number of hydrazone groups is 1. The molecule has 0 aromatic heterocycles. The summed E-state index contributed by atoms with van der Waals surface area (Å²) in [4.78, 5) is 15.5. The van der Waals surface area contributed by atoms with E-state index in [1.165, 1.54) is 29.5 Å². The number of hydrogen-bond donors (Lipinski definition) is 0. The van der Waals surface area contributed by atoms with Gasteiger partial charge in [0.1, 0.15) is 5.75 Å². The Hall–Kier alpha value is -2.66. The van der Waals surface area contributed by atoms with E-state index in [1.807, 2.05) is 24.3 Å². The second-order valence-electron chi connectivity index (χ2n) is 8.08. The highest BCUT2D eigenvalue weighted by Crippen LogP contribution is 2.35. The van der Waals surface area contributed by atoms with Crippen molar-refractivity contribution in [3.63, 3.8) is 0 Å². The van der Waals surface area contributed by atoms with E-state index in [0.29, 0.717) is 13.0 Å². The van der Waals surface area contributed by atoms with Gasteiger partial charge in [0.15, 0.2) is 0 Å². The van der Waals surface area contributed by atoms with Gasteiger partial charge in [-0.3, -0.25) is 9.69 Å². The first kappa shape index (κ1) is 19.6. The minimum atomic E-state index is -0.0637. The molecule has 0 N–H and O–H groups in total. The molecule has 2 aromatic rings. The molecule has 1 fully saturated rings. The number of rotatable bonds is 5. The van der Waals surface area contributed by atoms with Crippen molar-refractivity contribution in [3.05, 3.63) is 64.7 Å². The summed E-state index contributed by atoms with van der Waals surface area (Å²) in [5.74, 6) is 0.881. The fourth-order valence-electron chi connectivity index (χ4n) is 4.28. The van der Waals surface area contributed by atoms with Gasteiger partial charge in [0.2, 0.25) is 0 Å². The first-order chi connectivity index (χ1) is 14.0. The van der Waals surface area contributed by atoms with E-state index in [-0.39, 0.29) is 11.9 Å². The van der Waals surface area contributed by atoms with Gasteiger partial charge in [0.05, 0.1) is 25.4 Å². The van der Waals surface area contributed by atoms with Crippen molar-refractivity contribution in [2.24, 2.45) is 5.10 Å². The van der Waals surface area contributed by atoms with E-state index in [0.717, 1.165) is 30.1 Å². The van der Waals surface area contributed by atoms with Crippen molar-refractivity contribution < 1.29 is 9.53 Å². The van der Waals surface area contributed by atoms with Gasteiger partial charge in [-0.2, -0.15) is 5.10 Å². The molecule has 152 valence electrons. The lowest BCUT2D eigenvalue weighted by molar-refractivity contribution is -0.134. The van der Waals surface area contributed by atoms with Gasteiger partial charge in [-0.15, -0.1) is 0 Å². The summed E-state index contributed by atoms with van der Waals surface area (Å²) in [6.07, 6.45) is 3.06. The van der Waals surface area contributed by atoms with Gasteiger partial charge in [-0.1, -0.05) is 35.9 Å². The zero-order valence-electron chi connectivity index (χ0n) is 17.5. The molecular formula is C24H29N3O2. The molecule has 2 aliphatic rings. The van der Waals surface area contributed by atoms with E-state index in [9.17, 15) is 4.79 Å². The van der Waals surface area contributed by atoms with Crippen LogP contribution in [0.15, 0.2) is 47.6 Å². The average molecular weight is 392 g/mol. The summed E-state index contributed by atoms with van der Waals surface area (Å²) in [7, 11) is 1.67. The largest absolute Gasteiger partial charge is 0.497 e. The number of nitrogens with zero attached hydrogens (tertiary/aromatic N) is 3. The maximum Gasteiger partial charge on any atom is 0.257 e. The number of carbonyl (C=O) groups is 1. The fraction of sp³-hybridized carbons (Fsp3) is 0.417. The Morgan fingerprint density at radius 1 is 1.14 bits per heavy atom. The first-order valence-corrected chi connectivity index (χ1v) is 10.4. The van der Waals surface area contributed by atoms with Crippen LogP contribution in [0.1, 0.15) is 47.6 Å². The first-order valence-electron chi connectivity index (χ1n) is 10.4. The molecule has 0 radical (unpaired) electrons. The molecule has 2 aromatic carbocycles. The van der Waals surface area contributed by atoms with Crippen molar-refractivity contribution in [2.75, 3.05) is 26.7 Å². The fourth-order valence-corrected chi connectivity index (χ4v) is 4.28. The SMILES string of the molecule is COc1cccc(C2=NN(C(=O)CN3CCCC3)C(c3cc(C)ccc3C)C2)c1. The summed E-state index contributed by atoms with van der Waals surface area (Å²) < 4.78 is 5.38. The lowest BCUT2D eigenvalue weighted by atomic mass is 9.94. The zero-order valence-corrected chi connectivity index (χ0v) is 17.5. The molecular weight excluding hydrogens is 362 g/mol. The molecule has 2 aliphatic heterocycles. The van der Waals surface area contributed by atoms with Crippen molar-refractivity contribution in [1.82, 2.24) is 9.91 Å². The molecule has 1 amide bonds. The molecule has 2 heterocycles.